The van der Waals surface area contributed by atoms with Crippen molar-refractivity contribution in [3.8, 4) is 0 Å². The SMILES string of the molecule is CCCOCCCNc1cccc(C(N)=O)c1N. The third kappa shape index (κ3) is 4.25. The molecule has 0 fully saturated rings. The first-order chi connectivity index (χ1) is 8.66. The molecule has 5 N–H and O–H groups in total. The first-order valence-electron chi connectivity index (χ1n) is 6.16. The van der Waals surface area contributed by atoms with Crippen molar-refractivity contribution in [2.24, 2.45) is 5.73 Å². The van der Waals surface area contributed by atoms with E-state index >= 15 is 0 Å². The highest BCUT2D eigenvalue weighted by Gasteiger charge is 2.08. The quantitative estimate of drug-likeness (QED) is 0.483. The van der Waals surface area contributed by atoms with Crippen molar-refractivity contribution in [1.82, 2.24) is 0 Å². The summed E-state index contributed by atoms with van der Waals surface area (Å²) in [6.45, 7) is 4.33. The van der Waals surface area contributed by atoms with Crippen LogP contribution in [0, 0.1) is 0 Å². The van der Waals surface area contributed by atoms with E-state index in [1.807, 2.05) is 6.07 Å². The van der Waals surface area contributed by atoms with E-state index < -0.39 is 5.91 Å². The predicted octanol–water partition coefficient (Wildman–Crippen LogP) is 1.60. The zero-order valence-corrected chi connectivity index (χ0v) is 10.7. The summed E-state index contributed by atoms with van der Waals surface area (Å²) in [6.07, 6.45) is 1.92. The van der Waals surface area contributed by atoms with Gasteiger partial charge in [0, 0.05) is 19.8 Å². The van der Waals surface area contributed by atoms with Crippen LogP contribution in [0.4, 0.5) is 11.4 Å². The molecule has 0 heterocycles. The number of carbonyl (C=O) groups is 1. The summed E-state index contributed by atoms with van der Waals surface area (Å²) in [6, 6.07) is 5.20. The van der Waals surface area contributed by atoms with E-state index in [2.05, 4.69) is 12.2 Å². The maximum Gasteiger partial charge on any atom is 0.250 e. The molecule has 0 saturated carbocycles. The number of primary amides is 1. The van der Waals surface area contributed by atoms with Gasteiger partial charge < -0.3 is 21.5 Å². The molecule has 0 spiro atoms. The Morgan fingerprint density at radius 2 is 2.17 bits per heavy atom. The Morgan fingerprint density at radius 1 is 1.39 bits per heavy atom. The lowest BCUT2D eigenvalue weighted by atomic mass is 10.1. The number of nitrogens with two attached hydrogens (primary N) is 2. The van der Waals surface area contributed by atoms with Gasteiger partial charge in [0.15, 0.2) is 0 Å². The number of anilines is 2. The van der Waals surface area contributed by atoms with Crippen molar-refractivity contribution < 1.29 is 9.53 Å². The molecule has 0 aromatic heterocycles. The van der Waals surface area contributed by atoms with Crippen molar-refractivity contribution in [2.75, 3.05) is 30.8 Å². The molecule has 100 valence electrons. The largest absolute Gasteiger partial charge is 0.396 e. The van der Waals surface area contributed by atoms with Gasteiger partial charge in [-0.1, -0.05) is 13.0 Å². The maximum absolute atomic E-state index is 11.1. The second kappa shape index (κ2) is 7.55. The highest BCUT2D eigenvalue weighted by Crippen LogP contribution is 2.22. The minimum Gasteiger partial charge on any atom is -0.396 e. The zero-order chi connectivity index (χ0) is 13.4. The van der Waals surface area contributed by atoms with Gasteiger partial charge in [-0.3, -0.25) is 4.79 Å². The lowest BCUT2D eigenvalue weighted by Gasteiger charge is -2.11. The van der Waals surface area contributed by atoms with Crippen LogP contribution in [-0.4, -0.2) is 25.7 Å². The minimum atomic E-state index is -0.512. The van der Waals surface area contributed by atoms with Gasteiger partial charge in [-0.15, -0.1) is 0 Å². The zero-order valence-electron chi connectivity index (χ0n) is 10.7. The van der Waals surface area contributed by atoms with E-state index in [1.54, 1.807) is 12.1 Å². The summed E-state index contributed by atoms with van der Waals surface area (Å²) >= 11 is 0. The smallest absolute Gasteiger partial charge is 0.250 e. The summed E-state index contributed by atoms with van der Waals surface area (Å²) in [5, 5.41) is 3.17. The molecule has 0 aliphatic rings. The Morgan fingerprint density at radius 3 is 2.83 bits per heavy atom. The molecule has 0 bridgehead atoms. The molecule has 5 heteroatoms. The topological polar surface area (TPSA) is 90.4 Å². The van der Waals surface area contributed by atoms with Crippen molar-refractivity contribution >= 4 is 17.3 Å². The van der Waals surface area contributed by atoms with Crippen LogP contribution < -0.4 is 16.8 Å². The van der Waals surface area contributed by atoms with E-state index in [4.69, 9.17) is 16.2 Å². The third-order valence-corrected chi connectivity index (χ3v) is 2.50. The van der Waals surface area contributed by atoms with Crippen LogP contribution in [0.3, 0.4) is 0 Å². The van der Waals surface area contributed by atoms with Crippen molar-refractivity contribution in [2.45, 2.75) is 19.8 Å². The van der Waals surface area contributed by atoms with Gasteiger partial charge in [0.1, 0.15) is 0 Å². The Kier molecular flexibility index (Phi) is 6.00. The van der Waals surface area contributed by atoms with Crippen molar-refractivity contribution in [3.05, 3.63) is 23.8 Å². The Balaban J connectivity index is 2.43. The number of rotatable bonds is 8. The molecule has 1 aromatic rings. The summed E-state index contributed by atoms with van der Waals surface area (Å²) in [4.78, 5) is 11.1. The fraction of sp³-hybridized carbons (Fsp3) is 0.462. The van der Waals surface area contributed by atoms with Crippen LogP contribution in [0.2, 0.25) is 0 Å². The molecule has 0 aliphatic carbocycles. The molecule has 1 aromatic carbocycles. The van der Waals surface area contributed by atoms with Gasteiger partial charge in [0.2, 0.25) is 0 Å². The lowest BCUT2D eigenvalue weighted by Crippen LogP contribution is -2.15. The van der Waals surface area contributed by atoms with Crippen molar-refractivity contribution in [3.63, 3.8) is 0 Å². The molecule has 5 nitrogen and oxygen atoms in total. The Labute approximate surface area is 107 Å². The van der Waals surface area contributed by atoms with Gasteiger partial charge in [-0.05, 0) is 25.0 Å². The van der Waals surface area contributed by atoms with Crippen LogP contribution in [0.25, 0.3) is 0 Å². The standard InChI is InChI=1S/C13H21N3O2/c1-2-8-18-9-4-7-16-11-6-3-5-10(12(11)14)13(15)17/h3,5-6,16H,2,4,7-9,14H2,1H3,(H2,15,17). The Bertz CT molecular complexity index is 394. The molecule has 0 saturated heterocycles. The average Bonchev–Trinajstić information content (AvgIpc) is 2.35. The van der Waals surface area contributed by atoms with Gasteiger partial charge in [-0.2, -0.15) is 0 Å². The second-order valence-corrected chi connectivity index (χ2v) is 4.02. The van der Waals surface area contributed by atoms with E-state index in [0.29, 0.717) is 11.3 Å². The summed E-state index contributed by atoms with van der Waals surface area (Å²) in [5.41, 5.74) is 12.6. The number of benzene rings is 1. The van der Waals surface area contributed by atoms with Gasteiger partial charge in [-0.25, -0.2) is 0 Å². The minimum absolute atomic E-state index is 0.349. The first-order valence-corrected chi connectivity index (χ1v) is 6.16. The van der Waals surface area contributed by atoms with Crippen LogP contribution in [-0.2, 0) is 4.74 Å². The van der Waals surface area contributed by atoms with Crippen molar-refractivity contribution in [1.29, 1.82) is 0 Å². The lowest BCUT2D eigenvalue weighted by molar-refractivity contribution is 0.100. The highest BCUT2D eigenvalue weighted by atomic mass is 16.5. The number of carbonyl (C=O) groups excluding carboxylic acids is 1. The number of hydrogen-bond acceptors (Lipinski definition) is 4. The molecule has 0 radical (unpaired) electrons. The number of amides is 1. The number of nitrogen functional groups attached to an aromatic ring is 1. The summed E-state index contributed by atoms with van der Waals surface area (Å²) in [5.74, 6) is -0.512. The normalized spacial score (nSPS) is 10.3. The van der Waals surface area contributed by atoms with Gasteiger partial charge in [0.25, 0.3) is 5.91 Å². The van der Waals surface area contributed by atoms with E-state index in [1.165, 1.54) is 0 Å². The van der Waals surface area contributed by atoms with E-state index in [-0.39, 0.29) is 0 Å². The molecule has 1 amide bonds. The maximum atomic E-state index is 11.1. The highest BCUT2D eigenvalue weighted by molar-refractivity contribution is 6.00. The number of para-hydroxylation sites is 1. The summed E-state index contributed by atoms with van der Waals surface area (Å²) < 4.78 is 5.37. The number of hydrogen-bond donors (Lipinski definition) is 3. The van der Waals surface area contributed by atoms with Crippen LogP contribution in [0.1, 0.15) is 30.1 Å². The van der Waals surface area contributed by atoms with Crippen LogP contribution in [0.5, 0.6) is 0 Å². The fourth-order valence-electron chi connectivity index (χ4n) is 1.58. The van der Waals surface area contributed by atoms with E-state index in [0.717, 1.165) is 38.3 Å². The first kappa shape index (κ1) is 14.3. The molecular weight excluding hydrogens is 230 g/mol. The third-order valence-electron chi connectivity index (χ3n) is 2.50. The van der Waals surface area contributed by atoms with Gasteiger partial charge in [0.05, 0.1) is 16.9 Å². The number of ether oxygens (including phenoxy) is 1. The molecule has 18 heavy (non-hydrogen) atoms. The summed E-state index contributed by atoms with van der Waals surface area (Å²) in [7, 11) is 0. The Hall–Kier alpha value is -1.75. The van der Waals surface area contributed by atoms with E-state index in [9.17, 15) is 4.79 Å². The van der Waals surface area contributed by atoms with Crippen LogP contribution >= 0.6 is 0 Å². The second-order valence-electron chi connectivity index (χ2n) is 4.02. The molecule has 0 atom stereocenters. The van der Waals surface area contributed by atoms with Crippen LogP contribution in [0.15, 0.2) is 18.2 Å². The number of nitrogens with one attached hydrogen (secondary N) is 1. The van der Waals surface area contributed by atoms with Gasteiger partial charge >= 0.3 is 0 Å². The predicted molar refractivity (Wildman–Crippen MR) is 73.6 cm³/mol. The average molecular weight is 251 g/mol. The molecule has 0 unspecified atom stereocenters. The monoisotopic (exact) mass is 251 g/mol. The molecular formula is C13H21N3O2. The molecule has 1 rings (SSSR count). The molecule has 0 aliphatic heterocycles. The fourth-order valence-corrected chi connectivity index (χ4v) is 1.58.